The molecule has 0 spiro atoms. The van der Waals surface area contributed by atoms with Crippen LogP contribution in [0.5, 0.6) is 5.75 Å². The van der Waals surface area contributed by atoms with E-state index in [1.165, 1.54) is 13.0 Å². The number of hydrogen-bond acceptors (Lipinski definition) is 2. The summed E-state index contributed by atoms with van der Waals surface area (Å²) in [4.78, 5) is 10.5. The molecule has 0 aliphatic carbocycles. The average Bonchev–Trinajstić information content (AvgIpc) is 2.25. The Labute approximate surface area is 97.8 Å². The summed E-state index contributed by atoms with van der Waals surface area (Å²) in [6.07, 6.45) is 3.76. The van der Waals surface area contributed by atoms with E-state index >= 15 is 0 Å². The van der Waals surface area contributed by atoms with Gasteiger partial charge in [0.2, 0.25) is 5.91 Å². The van der Waals surface area contributed by atoms with Gasteiger partial charge in [-0.1, -0.05) is 12.2 Å². The highest BCUT2D eigenvalue weighted by Gasteiger charge is 2.07. The molecule has 0 radical (unpaired) electrons. The number of benzene rings is 1. The van der Waals surface area contributed by atoms with Crippen LogP contribution in [-0.2, 0) is 4.79 Å². The number of carbonyl (C=O) groups is 1. The summed E-state index contributed by atoms with van der Waals surface area (Å²) in [5.41, 5.74) is 0.320. The maximum absolute atomic E-state index is 12.9. The van der Waals surface area contributed by atoms with Crippen molar-refractivity contribution in [2.75, 3.05) is 6.54 Å². The molecule has 0 aromatic heterocycles. The van der Waals surface area contributed by atoms with E-state index in [0.29, 0.717) is 18.5 Å². The Morgan fingerprint density at radius 3 is 2.53 bits per heavy atom. The zero-order chi connectivity index (χ0) is 12.8. The normalized spacial score (nSPS) is 10.8. The standard InChI is InChI=1S/C12H13F2NO2/c1-8(16)15-5-3-2-4-9-6-10(13)12(17)11(14)7-9/h2,4,6-7,17H,3,5H2,1H3,(H,15,16). The summed E-state index contributed by atoms with van der Waals surface area (Å²) in [6.45, 7) is 1.88. The lowest BCUT2D eigenvalue weighted by Crippen LogP contribution is -2.20. The Hall–Kier alpha value is -1.91. The molecule has 1 amide bonds. The molecule has 3 nitrogen and oxygen atoms in total. The maximum atomic E-state index is 12.9. The number of aromatic hydroxyl groups is 1. The van der Waals surface area contributed by atoms with Gasteiger partial charge in [0, 0.05) is 13.5 Å². The minimum absolute atomic E-state index is 0.125. The van der Waals surface area contributed by atoms with Crippen molar-refractivity contribution in [3.05, 3.63) is 35.4 Å². The van der Waals surface area contributed by atoms with E-state index < -0.39 is 17.4 Å². The predicted octanol–water partition coefficient (Wildman–Crippen LogP) is 2.21. The predicted molar refractivity (Wildman–Crippen MR) is 60.4 cm³/mol. The monoisotopic (exact) mass is 241 g/mol. The van der Waals surface area contributed by atoms with Gasteiger partial charge in [-0.2, -0.15) is 0 Å². The minimum atomic E-state index is -0.994. The van der Waals surface area contributed by atoms with Gasteiger partial charge in [-0.3, -0.25) is 4.79 Å². The van der Waals surface area contributed by atoms with E-state index in [1.54, 1.807) is 6.08 Å². The SMILES string of the molecule is CC(=O)NCCC=Cc1cc(F)c(O)c(F)c1. The number of phenolic OH excluding ortho intramolecular Hbond substituents is 1. The summed E-state index contributed by atoms with van der Waals surface area (Å²) >= 11 is 0. The van der Waals surface area contributed by atoms with Crippen molar-refractivity contribution in [1.82, 2.24) is 5.32 Å². The largest absolute Gasteiger partial charge is 0.503 e. The van der Waals surface area contributed by atoms with Crippen molar-refractivity contribution in [1.29, 1.82) is 0 Å². The van der Waals surface area contributed by atoms with Crippen molar-refractivity contribution in [3.63, 3.8) is 0 Å². The minimum Gasteiger partial charge on any atom is -0.503 e. The second-order valence-electron chi connectivity index (χ2n) is 3.51. The van der Waals surface area contributed by atoms with Crippen LogP contribution in [0, 0.1) is 11.6 Å². The van der Waals surface area contributed by atoms with Crippen LogP contribution in [0.3, 0.4) is 0 Å². The summed E-state index contributed by atoms with van der Waals surface area (Å²) in [7, 11) is 0. The Bertz CT molecular complexity index is 421. The molecule has 0 aliphatic rings. The van der Waals surface area contributed by atoms with Crippen LogP contribution >= 0.6 is 0 Å². The third kappa shape index (κ3) is 4.22. The van der Waals surface area contributed by atoms with E-state index in [-0.39, 0.29) is 5.91 Å². The number of nitrogens with one attached hydrogen (secondary N) is 1. The fourth-order valence-corrected chi connectivity index (χ4v) is 1.23. The van der Waals surface area contributed by atoms with Gasteiger partial charge < -0.3 is 10.4 Å². The fourth-order valence-electron chi connectivity index (χ4n) is 1.23. The molecule has 0 saturated heterocycles. The Morgan fingerprint density at radius 1 is 1.41 bits per heavy atom. The molecular formula is C12H13F2NO2. The third-order valence-electron chi connectivity index (χ3n) is 2.03. The topological polar surface area (TPSA) is 49.3 Å². The maximum Gasteiger partial charge on any atom is 0.216 e. The zero-order valence-corrected chi connectivity index (χ0v) is 9.34. The van der Waals surface area contributed by atoms with Crippen molar-refractivity contribution >= 4 is 12.0 Å². The summed E-state index contributed by atoms with van der Waals surface area (Å²) < 4.78 is 25.9. The van der Waals surface area contributed by atoms with Crippen LogP contribution < -0.4 is 5.32 Å². The van der Waals surface area contributed by atoms with Crippen LogP contribution in [0.2, 0.25) is 0 Å². The van der Waals surface area contributed by atoms with Crippen molar-refractivity contribution in [2.24, 2.45) is 0 Å². The van der Waals surface area contributed by atoms with Crippen molar-refractivity contribution < 1.29 is 18.7 Å². The highest BCUT2D eigenvalue weighted by atomic mass is 19.1. The second-order valence-corrected chi connectivity index (χ2v) is 3.51. The molecular weight excluding hydrogens is 228 g/mol. The van der Waals surface area contributed by atoms with Gasteiger partial charge in [-0.05, 0) is 24.1 Å². The smallest absolute Gasteiger partial charge is 0.216 e. The highest BCUT2D eigenvalue weighted by molar-refractivity contribution is 5.72. The first kappa shape index (κ1) is 13.2. The summed E-state index contributed by atoms with van der Waals surface area (Å²) in [6, 6.07) is 2.07. The molecule has 0 atom stereocenters. The number of hydrogen-bond donors (Lipinski definition) is 2. The second kappa shape index (κ2) is 5.98. The van der Waals surface area contributed by atoms with Gasteiger partial charge in [-0.25, -0.2) is 8.78 Å². The summed E-state index contributed by atoms with van der Waals surface area (Å²) in [5, 5.41) is 11.5. The van der Waals surface area contributed by atoms with Crippen LogP contribution in [0.25, 0.3) is 6.08 Å². The highest BCUT2D eigenvalue weighted by Crippen LogP contribution is 2.21. The molecule has 0 fully saturated rings. The molecule has 0 bridgehead atoms. The van der Waals surface area contributed by atoms with Crippen LogP contribution in [-0.4, -0.2) is 17.6 Å². The first-order valence-electron chi connectivity index (χ1n) is 5.09. The van der Waals surface area contributed by atoms with Gasteiger partial charge in [0.25, 0.3) is 0 Å². The van der Waals surface area contributed by atoms with E-state index in [2.05, 4.69) is 5.32 Å². The molecule has 2 N–H and O–H groups in total. The van der Waals surface area contributed by atoms with Gasteiger partial charge in [0.05, 0.1) is 0 Å². The number of rotatable bonds is 4. The molecule has 1 aromatic carbocycles. The van der Waals surface area contributed by atoms with E-state index in [9.17, 15) is 13.6 Å². The van der Waals surface area contributed by atoms with Gasteiger partial charge in [0.1, 0.15) is 0 Å². The van der Waals surface area contributed by atoms with Gasteiger partial charge in [0.15, 0.2) is 17.4 Å². The molecule has 5 heteroatoms. The molecule has 92 valence electrons. The first-order valence-corrected chi connectivity index (χ1v) is 5.09. The number of halogens is 2. The lowest BCUT2D eigenvalue weighted by Gasteiger charge is -2.00. The van der Waals surface area contributed by atoms with Gasteiger partial charge >= 0.3 is 0 Å². The summed E-state index contributed by atoms with van der Waals surface area (Å²) in [5.74, 6) is -3.08. The van der Waals surface area contributed by atoms with Crippen LogP contribution in [0.15, 0.2) is 18.2 Å². The Kier molecular flexibility index (Phi) is 4.63. The lowest BCUT2D eigenvalue weighted by atomic mass is 10.1. The molecule has 0 unspecified atom stereocenters. The van der Waals surface area contributed by atoms with E-state index in [1.807, 2.05) is 0 Å². The third-order valence-corrected chi connectivity index (χ3v) is 2.03. The molecule has 0 aliphatic heterocycles. The average molecular weight is 241 g/mol. The fraction of sp³-hybridized carbons (Fsp3) is 0.250. The number of amides is 1. The molecule has 0 saturated carbocycles. The van der Waals surface area contributed by atoms with E-state index in [4.69, 9.17) is 5.11 Å². The molecule has 0 heterocycles. The van der Waals surface area contributed by atoms with Crippen LogP contribution in [0.4, 0.5) is 8.78 Å². The first-order chi connectivity index (χ1) is 8.00. The van der Waals surface area contributed by atoms with E-state index in [0.717, 1.165) is 12.1 Å². The zero-order valence-electron chi connectivity index (χ0n) is 9.34. The van der Waals surface area contributed by atoms with Crippen LogP contribution in [0.1, 0.15) is 18.9 Å². The number of phenols is 1. The lowest BCUT2D eigenvalue weighted by molar-refractivity contribution is -0.118. The Morgan fingerprint density at radius 2 is 2.00 bits per heavy atom. The van der Waals surface area contributed by atoms with Crippen molar-refractivity contribution in [2.45, 2.75) is 13.3 Å². The molecule has 1 rings (SSSR count). The molecule has 1 aromatic rings. The number of carbonyl (C=O) groups excluding carboxylic acids is 1. The van der Waals surface area contributed by atoms with Gasteiger partial charge in [-0.15, -0.1) is 0 Å². The quantitative estimate of drug-likeness (QED) is 0.794. The molecule has 17 heavy (non-hydrogen) atoms. The van der Waals surface area contributed by atoms with Crippen molar-refractivity contribution in [3.8, 4) is 5.75 Å². The Balaban J connectivity index is 2.57.